The van der Waals surface area contributed by atoms with E-state index in [1.54, 1.807) is 0 Å². The quantitative estimate of drug-likeness (QED) is 0.871. The van der Waals surface area contributed by atoms with Gasteiger partial charge in [-0.05, 0) is 31.9 Å². The second-order valence-corrected chi connectivity index (χ2v) is 5.48. The van der Waals surface area contributed by atoms with Gasteiger partial charge in [0.05, 0.1) is 13.2 Å². The van der Waals surface area contributed by atoms with E-state index in [1.165, 1.54) is 17.7 Å². The molecule has 0 saturated carbocycles. The summed E-state index contributed by atoms with van der Waals surface area (Å²) in [4.78, 5) is 0. The molecule has 2 heterocycles. The summed E-state index contributed by atoms with van der Waals surface area (Å²) < 4.78 is 11.7. The molecule has 0 unspecified atom stereocenters. The predicted molar refractivity (Wildman–Crippen MR) is 72.3 cm³/mol. The molecule has 2 aliphatic rings. The van der Waals surface area contributed by atoms with E-state index in [2.05, 4.69) is 30.4 Å². The first kappa shape index (κ1) is 11.8. The topological polar surface area (TPSA) is 30.5 Å². The lowest BCUT2D eigenvalue weighted by atomic mass is 9.95. The molecule has 18 heavy (non-hydrogen) atoms. The molecular formula is C15H21NO2. The van der Waals surface area contributed by atoms with Crippen molar-refractivity contribution in [2.24, 2.45) is 0 Å². The summed E-state index contributed by atoms with van der Waals surface area (Å²) in [6, 6.07) is 6.33. The molecular weight excluding hydrogens is 226 g/mol. The van der Waals surface area contributed by atoms with Crippen LogP contribution in [0.2, 0.25) is 0 Å². The lowest BCUT2D eigenvalue weighted by molar-refractivity contribution is -0.0347. The minimum Gasteiger partial charge on any atom is -0.487 e. The van der Waals surface area contributed by atoms with Crippen LogP contribution in [0, 0.1) is 0 Å². The van der Waals surface area contributed by atoms with Crippen molar-refractivity contribution in [2.45, 2.75) is 38.2 Å². The third-order valence-corrected chi connectivity index (χ3v) is 3.96. The Morgan fingerprint density at radius 1 is 1.28 bits per heavy atom. The van der Waals surface area contributed by atoms with Gasteiger partial charge in [0.15, 0.2) is 0 Å². The fourth-order valence-electron chi connectivity index (χ4n) is 2.74. The summed E-state index contributed by atoms with van der Waals surface area (Å²) >= 11 is 0. The van der Waals surface area contributed by atoms with Crippen LogP contribution in [0.1, 0.15) is 31.7 Å². The molecule has 0 spiro atoms. The standard InChI is InChI=1S/C15H21NO2/c1-15(7-10-17-11-8-15)18-14-6-2-5-13-12(14)4-3-9-16-13/h2,5-6,16H,3-4,7-11H2,1H3. The van der Waals surface area contributed by atoms with E-state index in [0.717, 1.165) is 44.8 Å². The molecule has 1 aromatic rings. The maximum absolute atomic E-state index is 6.32. The summed E-state index contributed by atoms with van der Waals surface area (Å²) in [5, 5.41) is 3.45. The van der Waals surface area contributed by atoms with Crippen LogP contribution >= 0.6 is 0 Å². The van der Waals surface area contributed by atoms with E-state index in [0.29, 0.717) is 0 Å². The number of anilines is 1. The van der Waals surface area contributed by atoms with E-state index >= 15 is 0 Å². The predicted octanol–water partition coefficient (Wildman–Crippen LogP) is 2.99. The van der Waals surface area contributed by atoms with Crippen molar-refractivity contribution in [2.75, 3.05) is 25.1 Å². The van der Waals surface area contributed by atoms with Crippen LogP contribution in [0.15, 0.2) is 18.2 Å². The Hall–Kier alpha value is -1.22. The van der Waals surface area contributed by atoms with Crippen LogP contribution in [-0.2, 0) is 11.2 Å². The molecule has 3 rings (SSSR count). The second kappa shape index (κ2) is 4.81. The number of nitrogens with one attached hydrogen (secondary N) is 1. The van der Waals surface area contributed by atoms with Gasteiger partial charge in [-0.2, -0.15) is 0 Å². The Kier molecular flexibility index (Phi) is 3.16. The molecule has 1 saturated heterocycles. The molecule has 1 aromatic carbocycles. The average Bonchev–Trinajstić information content (AvgIpc) is 2.40. The van der Waals surface area contributed by atoms with Gasteiger partial charge < -0.3 is 14.8 Å². The Balaban J connectivity index is 1.83. The zero-order valence-corrected chi connectivity index (χ0v) is 11.0. The zero-order chi connectivity index (χ0) is 12.4. The highest BCUT2D eigenvalue weighted by molar-refractivity contribution is 5.59. The van der Waals surface area contributed by atoms with Crippen molar-refractivity contribution in [3.8, 4) is 5.75 Å². The third kappa shape index (κ3) is 2.32. The minimum absolute atomic E-state index is 0.0647. The van der Waals surface area contributed by atoms with Crippen LogP contribution in [0.3, 0.4) is 0 Å². The molecule has 0 radical (unpaired) electrons. The molecule has 3 nitrogen and oxygen atoms in total. The van der Waals surface area contributed by atoms with Crippen LogP contribution in [0.25, 0.3) is 0 Å². The van der Waals surface area contributed by atoms with Gasteiger partial charge in [0.2, 0.25) is 0 Å². The third-order valence-electron chi connectivity index (χ3n) is 3.96. The second-order valence-electron chi connectivity index (χ2n) is 5.48. The van der Waals surface area contributed by atoms with Crippen LogP contribution < -0.4 is 10.1 Å². The van der Waals surface area contributed by atoms with E-state index in [4.69, 9.17) is 9.47 Å². The first-order valence-electron chi connectivity index (χ1n) is 6.89. The van der Waals surface area contributed by atoms with Gasteiger partial charge in [-0.1, -0.05) is 6.07 Å². The molecule has 0 amide bonds. The van der Waals surface area contributed by atoms with E-state index in [-0.39, 0.29) is 5.60 Å². The molecule has 1 fully saturated rings. The fourth-order valence-corrected chi connectivity index (χ4v) is 2.74. The van der Waals surface area contributed by atoms with Gasteiger partial charge in [0.25, 0.3) is 0 Å². The lowest BCUT2D eigenvalue weighted by Gasteiger charge is -2.35. The van der Waals surface area contributed by atoms with Crippen LogP contribution in [0.4, 0.5) is 5.69 Å². The number of ether oxygens (including phenoxy) is 2. The molecule has 98 valence electrons. The SMILES string of the molecule is CC1(Oc2cccc3c2CCCN3)CCOCC1. The maximum atomic E-state index is 6.32. The minimum atomic E-state index is -0.0647. The summed E-state index contributed by atoms with van der Waals surface area (Å²) in [7, 11) is 0. The van der Waals surface area contributed by atoms with E-state index in [1.807, 2.05) is 0 Å². The van der Waals surface area contributed by atoms with Gasteiger partial charge in [-0.3, -0.25) is 0 Å². The van der Waals surface area contributed by atoms with Crippen molar-refractivity contribution in [3.05, 3.63) is 23.8 Å². The van der Waals surface area contributed by atoms with Gasteiger partial charge in [-0.25, -0.2) is 0 Å². The number of benzene rings is 1. The molecule has 0 atom stereocenters. The first-order chi connectivity index (χ1) is 8.77. The number of rotatable bonds is 2. The molecule has 0 aromatic heterocycles. The van der Waals surface area contributed by atoms with Crippen LogP contribution in [-0.4, -0.2) is 25.4 Å². The van der Waals surface area contributed by atoms with Crippen molar-refractivity contribution in [3.63, 3.8) is 0 Å². The molecule has 1 N–H and O–H groups in total. The Labute approximate surface area is 108 Å². The molecule has 2 aliphatic heterocycles. The number of hydrogen-bond acceptors (Lipinski definition) is 3. The molecule has 0 bridgehead atoms. The van der Waals surface area contributed by atoms with Crippen molar-refractivity contribution in [1.29, 1.82) is 0 Å². The summed E-state index contributed by atoms with van der Waals surface area (Å²) in [5.74, 6) is 1.06. The number of hydrogen-bond donors (Lipinski definition) is 1. The normalized spacial score (nSPS) is 21.8. The monoisotopic (exact) mass is 247 g/mol. The Morgan fingerprint density at radius 3 is 2.94 bits per heavy atom. The smallest absolute Gasteiger partial charge is 0.125 e. The Bertz CT molecular complexity index is 425. The largest absolute Gasteiger partial charge is 0.487 e. The van der Waals surface area contributed by atoms with Crippen molar-refractivity contribution < 1.29 is 9.47 Å². The van der Waals surface area contributed by atoms with E-state index in [9.17, 15) is 0 Å². The van der Waals surface area contributed by atoms with Crippen molar-refractivity contribution in [1.82, 2.24) is 0 Å². The van der Waals surface area contributed by atoms with Crippen LogP contribution in [0.5, 0.6) is 5.75 Å². The highest BCUT2D eigenvalue weighted by Gasteiger charge is 2.30. The zero-order valence-electron chi connectivity index (χ0n) is 11.0. The summed E-state index contributed by atoms with van der Waals surface area (Å²) in [6.07, 6.45) is 4.26. The van der Waals surface area contributed by atoms with Gasteiger partial charge >= 0.3 is 0 Å². The van der Waals surface area contributed by atoms with Gasteiger partial charge in [0, 0.05) is 30.6 Å². The van der Waals surface area contributed by atoms with Gasteiger partial charge in [-0.15, -0.1) is 0 Å². The summed E-state index contributed by atoms with van der Waals surface area (Å²) in [6.45, 7) is 4.89. The molecule has 3 heteroatoms. The molecule has 0 aliphatic carbocycles. The highest BCUT2D eigenvalue weighted by Crippen LogP contribution is 2.35. The fraction of sp³-hybridized carbons (Fsp3) is 0.600. The lowest BCUT2D eigenvalue weighted by Crippen LogP contribution is -2.39. The number of fused-ring (bicyclic) bond motifs is 1. The summed E-state index contributed by atoms with van der Waals surface area (Å²) in [5.41, 5.74) is 2.52. The van der Waals surface area contributed by atoms with Crippen molar-refractivity contribution >= 4 is 5.69 Å². The van der Waals surface area contributed by atoms with Gasteiger partial charge in [0.1, 0.15) is 11.4 Å². The first-order valence-corrected chi connectivity index (χ1v) is 6.89. The average molecular weight is 247 g/mol. The van der Waals surface area contributed by atoms with E-state index < -0.39 is 0 Å². The maximum Gasteiger partial charge on any atom is 0.125 e. The Morgan fingerprint density at radius 2 is 2.11 bits per heavy atom. The highest BCUT2D eigenvalue weighted by atomic mass is 16.5.